The first-order valence-electron chi connectivity index (χ1n) is 5.87. The summed E-state index contributed by atoms with van der Waals surface area (Å²) in [6.07, 6.45) is 2.10. The maximum Gasteiger partial charge on any atom is 0.00940 e. The predicted octanol–water partition coefficient (Wildman–Crippen LogP) is 4.51. The summed E-state index contributed by atoms with van der Waals surface area (Å²) in [6, 6.07) is 11.4. The van der Waals surface area contributed by atoms with E-state index >= 15 is 0 Å². The van der Waals surface area contributed by atoms with E-state index < -0.39 is 0 Å². The van der Waals surface area contributed by atoms with Crippen LogP contribution in [0.4, 0.5) is 0 Å². The van der Waals surface area contributed by atoms with E-state index in [9.17, 15) is 0 Å². The van der Waals surface area contributed by atoms with E-state index in [0.29, 0.717) is 0 Å². The van der Waals surface area contributed by atoms with Gasteiger partial charge in [0.2, 0.25) is 0 Å². The summed E-state index contributed by atoms with van der Waals surface area (Å²) < 4.78 is 2.21. The Balaban J connectivity index is 0. The molecule has 0 amide bonds. The molecule has 2 heteroatoms. The van der Waals surface area contributed by atoms with Crippen LogP contribution in [0, 0.1) is 6.07 Å². The van der Waals surface area contributed by atoms with Crippen LogP contribution in [0.2, 0.25) is 0 Å². The Hall–Kier alpha value is -0.552. The number of hydrogen-bond donors (Lipinski definition) is 0. The van der Waals surface area contributed by atoms with Gasteiger partial charge in [0.1, 0.15) is 0 Å². The molecule has 0 unspecified atom stereocenters. The van der Waals surface area contributed by atoms with Crippen LogP contribution in [0.25, 0.3) is 10.9 Å². The Morgan fingerprint density at radius 3 is 2.31 bits per heavy atom. The molecule has 1 aromatic heterocycles. The second-order valence-electron chi connectivity index (χ2n) is 2.57. The summed E-state index contributed by atoms with van der Waals surface area (Å²) in [5, 5.41) is 1.20. The van der Waals surface area contributed by atoms with Crippen LogP contribution >= 0.6 is 0 Å². The third-order valence-corrected chi connectivity index (χ3v) is 1.94. The summed E-state index contributed by atoms with van der Waals surface area (Å²) in [7, 11) is 0. The van der Waals surface area contributed by atoms with E-state index in [1.54, 1.807) is 0 Å². The zero-order chi connectivity index (χ0) is 11.7. The zero-order valence-electron chi connectivity index (χ0n) is 10.9. The number of nitrogens with zero attached hydrogens (tertiary/aromatic N) is 1. The van der Waals surface area contributed by atoms with Gasteiger partial charge in [0.15, 0.2) is 0 Å². The molecule has 0 aliphatic heterocycles. The molecule has 0 saturated heterocycles. The average Bonchev–Trinajstić information content (AvgIpc) is 2.77. The van der Waals surface area contributed by atoms with E-state index in [4.69, 9.17) is 0 Å². The molecular weight excluding hydrogens is 366 g/mol. The Bertz CT molecular complexity index is 366. The Morgan fingerprint density at radius 1 is 1.12 bits per heavy atom. The molecule has 0 N–H and O–H groups in total. The van der Waals surface area contributed by atoms with Gasteiger partial charge in [0, 0.05) is 27.6 Å². The molecule has 0 radical (unpaired) electrons. The smallest absolute Gasteiger partial charge is 0.00940 e. The normalized spacial score (nSPS) is 8.06. The van der Waals surface area contributed by atoms with Crippen molar-refractivity contribution in [3.63, 3.8) is 0 Å². The first-order chi connectivity index (χ1) is 7.42. The van der Waals surface area contributed by atoms with Gasteiger partial charge in [-0.2, -0.15) is 0 Å². The SMILES string of the molecule is CC.CC.CCn1ccc2[c-]cccc21.[W]. The van der Waals surface area contributed by atoms with Crippen molar-refractivity contribution in [1.82, 2.24) is 4.57 Å². The van der Waals surface area contributed by atoms with E-state index in [2.05, 4.69) is 35.9 Å². The van der Waals surface area contributed by atoms with Crippen LogP contribution in [0.5, 0.6) is 0 Å². The number of rotatable bonds is 1. The molecule has 0 spiro atoms. The monoisotopic (exact) mass is 388 g/mol. The second kappa shape index (κ2) is 10.9. The van der Waals surface area contributed by atoms with Gasteiger partial charge in [-0.3, -0.25) is 0 Å². The fraction of sp³-hybridized carbons (Fsp3) is 0.429. The number of hydrogen-bond acceptors (Lipinski definition) is 0. The van der Waals surface area contributed by atoms with Crippen LogP contribution < -0.4 is 0 Å². The molecule has 16 heavy (non-hydrogen) atoms. The largest absolute Gasteiger partial charge is 0.396 e. The van der Waals surface area contributed by atoms with Crippen molar-refractivity contribution < 1.29 is 21.1 Å². The van der Waals surface area contributed by atoms with Gasteiger partial charge < -0.3 is 4.57 Å². The third-order valence-electron chi connectivity index (χ3n) is 1.94. The minimum Gasteiger partial charge on any atom is -0.396 e. The van der Waals surface area contributed by atoms with Crippen molar-refractivity contribution in [2.24, 2.45) is 0 Å². The molecule has 1 heterocycles. The van der Waals surface area contributed by atoms with Crippen molar-refractivity contribution in [3.05, 3.63) is 36.5 Å². The van der Waals surface area contributed by atoms with Crippen molar-refractivity contribution >= 4 is 10.9 Å². The second-order valence-corrected chi connectivity index (χ2v) is 2.57. The average molecular weight is 388 g/mol. The van der Waals surface area contributed by atoms with Crippen molar-refractivity contribution in [2.75, 3.05) is 0 Å². The third kappa shape index (κ3) is 4.53. The van der Waals surface area contributed by atoms with Gasteiger partial charge in [-0.25, -0.2) is 0 Å². The predicted molar refractivity (Wildman–Crippen MR) is 69.1 cm³/mol. The maximum atomic E-state index is 3.18. The topological polar surface area (TPSA) is 4.93 Å². The Kier molecular flexibility index (Phi) is 12.2. The fourth-order valence-corrected chi connectivity index (χ4v) is 1.35. The van der Waals surface area contributed by atoms with Crippen LogP contribution in [0.15, 0.2) is 30.5 Å². The summed E-state index contributed by atoms with van der Waals surface area (Å²) in [5.74, 6) is 0. The zero-order valence-corrected chi connectivity index (χ0v) is 13.9. The van der Waals surface area contributed by atoms with Gasteiger partial charge >= 0.3 is 0 Å². The van der Waals surface area contributed by atoms with Crippen LogP contribution in [0.1, 0.15) is 34.6 Å². The number of aromatic nitrogens is 1. The first-order valence-corrected chi connectivity index (χ1v) is 5.87. The molecular formula is C14H22NW-. The minimum absolute atomic E-state index is 0. The van der Waals surface area contributed by atoms with Crippen LogP contribution in [-0.2, 0) is 27.6 Å². The minimum atomic E-state index is 0. The Labute approximate surface area is 114 Å². The molecule has 2 rings (SSSR count). The molecule has 2 aromatic rings. The van der Waals surface area contributed by atoms with E-state index in [0.717, 1.165) is 6.54 Å². The fourth-order valence-electron chi connectivity index (χ4n) is 1.35. The molecule has 0 saturated carbocycles. The van der Waals surface area contributed by atoms with E-state index in [1.807, 2.05) is 39.8 Å². The number of aryl methyl sites for hydroxylation is 1. The van der Waals surface area contributed by atoms with Gasteiger partial charge in [0.05, 0.1) is 0 Å². The summed E-state index contributed by atoms with van der Waals surface area (Å²) in [4.78, 5) is 0. The van der Waals surface area contributed by atoms with Gasteiger partial charge in [-0.15, -0.1) is 35.7 Å². The van der Waals surface area contributed by atoms with Crippen LogP contribution in [-0.4, -0.2) is 4.57 Å². The molecule has 0 aliphatic rings. The van der Waals surface area contributed by atoms with Gasteiger partial charge in [-0.1, -0.05) is 27.7 Å². The summed E-state index contributed by atoms with van der Waals surface area (Å²) in [5.41, 5.74) is 1.27. The van der Waals surface area contributed by atoms with Crippen LogP contribution in [0.3, 0.4) is 0 Å². The molecule has 0 atom stereocenters. The quantitative estimate of drug-likeness (QED) is 0.634. The number of fused-ring (bicyclic) bond motifs is 1. The van der Waals surface area contributed by atoms with Gasteiger partial charge in [-0.05, 0) is 18.6 Å². The van der Waals surface area contributed by atoms with Crippen molar-refractivity contribution in [1.29, 1.82) is 0 Å². The molecule has 0 bridgehead atoms. The van der Waals surface area contributed by atoms with E-state index in [1.165, 1.54) is 10.9 Å². The summed E-state index contributed by atoms with van der Waals surface area (Å²) in [6.45, 7) is 11.2. The van der Waals surface area contributed by atoms with E-state index in [-0.39, 0.29) is 21.1 Å². The molecule has 0 aliphatic carbocycles. The molecule has 1 aromatic carbocycles. The van der Waals surface area contributed by atoms with Crippen molar-refractivity contribution in [2.45, 2.75) is 41.2 Å². The maximum absolute atomic E-state index is 3.18. The van der Waals surface area contributed by atoms with Crippen molar-refractivity contribution in [3.8, 4) is 0 Å². The molecule has 1 nitrogen and oxygen atoms in total. The van der Waals surface area contributed by atoms with Gasteiger partial charge in [0.25, 0.3) is 0 Å². The standard InChI is InChI=1S/C10H10N.2C2H6.W/c1-2-11-8-7-9-5-3-4-6-10(9)11;2*1-2;/h3-4,6-8H,2H2,1H3;2*1-2H3;/q-1;;;. The number of benzene rings is 1. The summed E-state index contributed by atoms with van der Waals surface area (Å²) >= 11 is 0. The molecule has 90 valence electrons. The Morgan fingerprint density at radius 2 is 1.75 bits per heavy atom. The first kappa shape index (κ1) is 17.8. The molecule has 0 fully saturated rings.